The zero-order chi connectivity index (χ0) is 19.6. The Morgan fingerprint density at radius 2 is 1.86 bits per heavy atom. The summed E-state index contributed by atoms with van der Waals surface area (Å²) in [7, 11) is 0. The minimum atomic E-state index is -1.56. The van der Waals surface area contributed by atoms with Crippen LogP contribution in [0.4, 0.5) is 11.4 Å². The van der Waals surface area contributed by atoms with Gasteiger partial charge in [-0.25, -0.2) is 4.99 Å². The van der Waals surface area contributed by atoms with Gasteiger partial charge in [0.05, 0.1) is 11.2 Å². The van der Waals surface area contributed by atoms with Crippen LogP contribution in [0.5, 0.6) is 0 Å². The Balaban J connectivity index is 1.66. The van der Waals surface area contributed by atoms with Crippen LogP contribution in [0.15, 0.2) is 47.6 Å². The van der Waals surface area contributed by atoms with Gasteiger partial charge in [0.15, 0.2) is 5.60 Å². The number of aromatic nitrogens is 1. The number of rotatable bonds is 1. The van der Waals surface area contributed by atoms with Crippen LogP contribution in [-0.2, 0) is 0 Å². The molecule has 0 saturated carbocycles. The van der Waals surface area contributed by atoms with E-state index in [9.17, 15) is 9.90 Å². The van der Waals surface area contributed by atoms with E-state index in [2.05, 4.69) is 11.1 Å². The highest BCUT2D eigenvalue weighted by molar-refractivity contribution is 6.28. The molecule has 1 saturated heterocycles. The Hall–Kier alpha value is -3.05. The van der Waals surface area contributed by atoms with Gasteiger partial charge in [0.25, 0.3) is 0 Å². The number of benzene rings is 2. The fraction of sp³-hybridized carbons (Fsp3) is 0.261. The summed E-state index contributed by atoms with van der Waals surface area (Å²) >= 11 is 0. The molecule has 1 aromatic heterocycles. The molecule has 5 rings (SSSR count). The molecule has 5 heteroatoms. The number of aryl methyl sites for hydroxylation is 3. The van der Waals surface area contributed by atoms with Crippen molar-refractivity contribution in [1.82, 2.24) is 4.98 Å². The Labute approximate surface area is 163 Å². The SMILES string of the molecule is Cc1cnc2ccc(N3CC[C@@]4(O)C(=O)c5cc(C)c(C)cc5N=C34)cc2c1. The van der Waals surface area contributed by atoms with Crippen molar-refractivity contribution >= 4 is 33.9 Å². The molecular formula is C23H21N3O2. The number of amidine groups is 1. The fourth-order valence-electron chi connectivity index (χ4n) is 4.14. The third-order valence-corrected chi connectivity index (χ3v) is 5.89. The molecule has 1 atom stereocenters. The fourth-order valence-corrected chi connectivity index (χ4v) is 4.14. The molecule has 1 N–H and O–H groups in total. The predicted octanol–water partition coefficient (Wildman–Crippen LogP) is 4.03. The van der Waals surface area contributed by atoms with E-state index in [1.165, 1.54) is 0 Å². The number of carbonyl (C=O) groups is 1. The zero-order valence-electron chi connectivity index (χ0n) is 16.2. The zero-order valence-corrected chi connectivity index (χ0v) is 16.2. The first-order chi connectivity index (χ1) is 13.4. The minimum absolute atomic E-state index is 0.253. The molecule has 0 amide bonds. The van der Waals surface area contributed by atoms with Crippen molar-refractivity contribution < 1.29 is 9.90 Å². The topological polar surface area (TPSA) is 65.8 Å². The summed E-state index contributed by atoms with van der Waals surface area (Å²) in [5.74, 6) is 0.171. The number of carbonyl (C=O) groups excluding carboxylic acids is 1. The van der Waals surface area contributed by atoms with E-state index < -0.39 is 5.60 Å². The number of ketones is 1. The van der Waals surface area contributed by atoms with Crippen LogP contribution in [0.2, 0.25) is 0 Å². The molecule has 3 heterocycles. The molecule has 0 aliphatic carbocycles. The first-order valence-electron chi connectivity index (χ1n) is 9.48. The molecule has 5 nitrogen and oxygen atoms in total. The van der Waals surface area contributed by atoms with E-state index in [1.807, 2.05) is 62.2 Å². The van der Waals surface area contributed by atoms with E-state index in [-0.39, 0.29) is 5.78 Å². The summed E-state index contributed by atoms with van der Waals surface area (Å²) < 4.78 is 0. The van der Waals surface area contributed by atoms with Gasteiger partial charge in [0, 0.05) is 35.8 Å². The molecule has 0 unspecified atom stereocenters. The maximum Gasteiger partial charge on any atom is 0.204 e. The third kappa shape index (κ3) is 2.33. The van der Waals surface area contributed by atoms with Crippen LogP contribution < -0.4 is 4.90 Å². The number of hydrogen-bond acceptors (Lipinski definition) is 5. The standard InChI is InChI=1S/C23H21N3O2/c1-13-8-16-11-17(4-5-19(16)24-12-13)26-7-6-23(28)21(27)18-9-14(2)15(3)10-20(18)25-22(23)26/h4-5,8-12,28H,6-7H2,1-3H3/t23-/m1/s1. The van der Waals surface area contributed by atoms with Gasteiger partial charge in [-0.05, 0) is 73.9 Å². The van der Waals surface area contributed by atoms with E-state index in [0.29, 0.717) is 30.1 Å². The molecule has 1 fully saturated rings. The summed E-state index contributed by atoms with van der Waals surface area (Å²) in [5, 5.41) is 12.3. The second-order valence-electron chi connectivity index (χ2n) is 7.87. The largest absolute Gasteiger partial charge is 0.374 e. The lowest BCUT2D eigenvalue weighted by Gasteiger charge is -2.30. The number of fused-ring (bicyclic) bond motifs is 3. The van der Waals surface area contributed by atoms with E-state index >= 15 is 0 Å². The van der Waals surface area contributed by atoms with Gasteiger partial charge >= 0.3 is 0 Å². The van der Waals surface area contributed by atoms with Crippen molar-refractivity contribution in [2.24, 2.45) is 4.99 Å². The number of aliphatic imine (C=N–C) groups is 1. The van der Waals surface area contributed by atoms with Gasteiger partial charge in [-0.3, -0.25) is 9.78 Å². The van der Waals surface area contributed by atoms with E-state index in [0.717, 1.165) is 33.3 Å². The normalized spacial score (nSPS) is 20.9. The maximum absolute atomic E-state index is 13.1. The first-order valence-corrected chi connectivity index (χ1v) is 9.48. The van der Waals surface area contributed by atoms with Gasteiger partial charge in [0.2, 0.25) is 5.78 Å². The lowest BCUT2D eigenvalue weighted by atomic mass is 9.86. The first kappa shape index (κ1) is 17.1. The Morgan fingerprint density at radius 3 is 2.68 bits per heavy atom. The van der Waals surface area contributed by atoms with Crippen molar-refractivity contribution in [3.63, 3.8) is 0 Å². The van der Waals surface area contributed by atoms with Crippen LogP contribution in [0, 0.1) is 20.8 Å². The third-order valence-electron chi connectivity index (χ3n) is 5.89. The van der Waals surface area contributed by atoms with E-state index in [1.54, 1.807) is 0 Å². The Morgan fingerprint density at radius 1 is 1.07 bits per heavy atom. The molecule has 0 radical (unpaired) electrons. The van der Waals surface area contributed by atoms with Gasteiger partial charge in [-0.15, -0.1) is 0 Å². The second kappa shape index (κ2) is 5.72. The van der Waals surface area contributed by atoms with Crippen molar-refractivity contribution in [2.45, 2.75) is 32.8 Å². The van der Waals surface area contributed by atoms with Crippen LogP contribution in [-0.4, -0.2) is 33.9 Å². The molecule has 28 heavy (non-hydrogen) atoms. The predicted molar refractivity (Wildman–Crippen MR) is 111 cm³/mol. The molecule has 2 aromatic carbocycles. The lowest BCUT2D eigenvalue weighted by molar-refractivity contribution is 0.0602. The van der Waals surface area contributed by atoms with Gasteiger partial charge in [-0.1, -0.05) is 0 Å². The number of anilines is 1. The van der Waals surface area contributed by atoms with Crippen LogP contribution in [0.1, 0.15) is 33.5 Å². The summed E-state index contributed by atoms with van der Waals surface area (Å²) in [6.07, 6.45) is 2.18. The summed E-state index contributed by atoms with van der Waals surface area (Å²) in [6.45, 7) is 6.53. The highest BCUT2D eigenvalue weighted by Crippen LogP contribution is 2.40. The molecular weight excluding hydrogens is 350 g/mol. The molecule has 0 bridgehead atoms. The molecule has 2 aliphatic rings. The maximum atomic E-state index is 13.1. The number of hydrogen-bond donors (Lipinski definition) is 1. The van der Waals surface area contributed by atoms with Gasteiger partial charge in [-0.2, -0.15) is 0 Å². The summed E-state index contributed by atoms with van der Waals surface area (Å²) in [6, 6.07) is 11.8. The molecule has 2 aliphatic heterocycles. The van der Waals surface area contributed by atoms with Gasteiger partial charge in [0.1, 0.15) is 5.84 Å². The molecule has 3 aromatic rings. The summed E-state index contributed by atoms with van der Waals surface area (Å²) in [5.41, 5.74) is 4.62. The van der Waals surface area contributed by atoms with Crippen LogP contribution >= 0.6 is 0 Å². The number of pyridine rings is 1. The molecule has 140 valence electrons. The molecule has 0 spiro atoms. The van der Waals surface area contributed by atoms with Crippen molar-refractivity contribution in [3.05, 3.63) is 64.8 Å². The monoisotopic (exact) mass is 371 g/mol. The van der Waals surface area contributed by atoms with Crippen molar-refractivity contribution in [1.29, 1.82) is 0 Å². The van der Waals surface area contributed by atoms with Crippen molar-refractivity contribution in [3.8, 4) is 0 Å². The summed E-state index contributed by atoms with van der Waals surface area (Å²) in [4.78, 5) is 24.3. The highest BCUT2D eigenvalue weighted by atomic mass is 16.3. The lowest BCUT2D eigenvalue weighted by Crippen LogP contribution is -2.48. The van der Waals surface area contributed by atoms with Crippen LogP contribution in [0.25, 0.3) is 10.9 Å². The van der Waals surface area contributed by atoms with E-state index in [4.69, 9.17) is 4.99 Å². The Kier molecular flexibility index (Phi) is 3.49. The number of Topliss-reactive ketones (excluding diaryl/α,β-unsaturated/α-hetero) is 1. The smallest absolute Gasteiger partial charge is 0.204 e. The highest BCUT2D eigenvalue weighted by Gasteiger charge is 2.52. The number of aliphatic hydroxyl groups is 1. The number of nitrogens with zero attached hydrogens (tertiary/aromatic N) is 3. The minimum Gasteiger partial charge on any atom is -0.374 e. The second-order valence-corrected chi connectivity index (χ2v) is 7.87. The van der Waals surface area contributed by atoms with Crippen LogP contribution in [0.3, 0.4) is 0 Å². The average Bonchev–Trinajstić information content (AvgIpc) is 3.01. The van der Waals surface area contributed by atoms with Gasteiger partial charge < -0.3 is 10.0 Å². The van der Waals surface area contributed by atoms with Crippen molar-refractivity contribution in [2.75, 3.05) is 11.4 Å². The Bertz CT molecular complexity index is 1200. The quantitative estimate of drug-likeness (QED) is 0.701. The average molecular weight is 371 g/mol.